The summed E-state index contributed by atoms with van der Waals surface area (Å²) in [5.74, 6) is 3.09. The summed E-state index contributed by atoms with van der Waals surface area (Å²) in [6.07, 6.45) is 5.90. The lowest BCUT2D eigenvalue weighted by Gasteiger charge is -2.34. The van der Waals surface area contributed by atoms with Gasteiger partial charge in [-0.05, 0) is 38.3 Å². The molecule has 0 amide bonds. The Kier molecular flexibility index (Phi) is 9.96. The molecule has 4 aromatic rings. The first-order valence-corrected chi connectivity index (χ1v) is 15.9. The molecule has 2 aliphatic heterocycles. The monoisotopic (exact) mass is 599 g/mol. The topological polar surface area (TPSA) is 96.7 Å². The zero-order valence-electron chi connectivity index (χ0n) is 26.2. The van der Waals surface area contributed by atoms with Crippen LogP contribution in [-0.4, -0.2) is 99.9 Å². The number of anilines is 3. The fourth-order valence-corrected chi connectivity index (χ4v) is 6.16. The summed E-state index contributed by atoms with van der Waals surface area (Å²) in [7, 11) is 1.78. The molecule has 1 aromatic carbocycles. The highest BCUT2D eigenvalue weighted by molar-refractivity contribution is 5.79. The average Bonchev–Trinajstić information content (AvgIpc) is 3.42. The predicted octanol–water partition coefficient (Wildman–Crippen LogP) is 4.50. The minimum Gasteiger partial charge on any atom is -0.381 e. The molecule has 0 unspecified atom stereocenters. The van der Waals surface area contributed by atoms with Crippen molar-refractivity contribution in [1.82, 2.24) is 34.3 Å². The van der Waals surface area contributed by atoms with Crippen LogP contribution >= 0.6 is 0 Å². The van der Waals surface area contributed by atoms with E-state index in [0.29, 0.717) is 19.3 Å². The summed E-state index contributed by atoms with van der Waals surface area (Å²) in [4.78, 5) is 26.0. The van der Waals surface area contributed by atoms with E-state index in [2.05, 4.69) is 78.7 Å². The molecule has 2 aliphatic rings. The molecule has 0 bridgehead atoms. The number of ether oxygens (including phenoxy) is 2. The third-order valence-electron chi connectivity index (χ3n) is 8.62. The number of nitrogens with zero attached hydrogens (tertiary/aromatic N) is 8. The molecule has 2 fully saturated rings. The van der Waals surface area contributed by atoms with Gasteiger partial charge < -0.3 is 24.3 Å². The van der Waals surface area contributed by atoms with Crippen LogP contribution in [0.15, 0.2) is 54.9 Å². The number of hydrogen-bond donors (Lipinski definition) is 1. The van der Waals surface area contributed by atoms with Crippen LogP contribution in [0.2, 0.25) is 0 Å². The molecule has 11 heteroatoms. The summed E-state index contributed by atoms with van der Waals surface area (Å²) in [5.41, 5.74) is 3.27. The van der Waals surface area contributed by atoms with Crippen molar-refractivity contribution < 1.29 is 9.47 Å². The molecular weight excluding hydrogens is 554 g/mol. The summed E-state index contributed by atoms with van der Waals surface area (Å²) in [6, 6.07) is 14.9. The van der Waals surface area contributed by atoms with Crippen LogP contribution in [0.5, 0.6) is 0 Å². The van der Waals surface area contributed by atoms with E-state index in [4.69, 9.17) is 19.4 Å². The van der Waals surface area contributed by atoms with Crippen molar-refractivity contribution in [3.63, 3.8) is 0 Å². The van der Waals surface area contributed by atoms with Crippen molar-refractivity contribution >= 4 is 28.6 Å². The molecule has 0 aliphatic carbocycles. The van der Waals surface area contributed by atoms with Crippen LogP contribution in [0.3, 0.4) is 0 Å². The van der Waals surface area contributed by atoms with Gasteiger partial charge in [-0.3, -0.25) is 9.80 Å². The van der Waals surface area contributed by atoms with Gasteiger partial charge in [0.05, 0.1) is 24.4 Å². The van der Waals surface area contributed by atoms with Gasteiger partial charge >= 0.3 is 0 Å². The van der Waals surface area contributed by atoms with Gasteiger partial charge in [0, 0.05) is 77.8 Å². The first-order valence-electron chi connectivity index (χ1n) is 15.9. The minimum atomic E-state index is 0.229. The van der Waals surface area contributed by atoms with Gasteiger partial charge in [0.25, 0.3) is 0 Å². The zero-order valence-corrected chi connectivity index (χ0v) is 26.2. The molecule has 0 radical (unpaired) electrons. The number of piperidine rings is 1. The molecule has 44 heavy (non-hydrogen) atoms. The van der Waals surface area contributed by atoms with Crippen molar-refractivity contribution in [3.05, 3.63) is 66.2 Å². The van der Waals surface area contributed by atoms with E-state index in [1.165, 1.54) is 5.56 Å². The Morgan fingerprint density at radius 2 is 1.68 bits per heavy atom. The Morgan fingerprint density at radius 1 is 0.909 bits per heavy atom. The lowest BCUT2D eigenvalue weighted by Crippen LogP contribution is -2.46. The second-order valence-corrected chi connectivity index (χ2v) is 12.0. The Balaban J connectivity index is 1.03. The van der Waals surface area contributed by atoms with Gasteiger partial charge in [0.1, 0.15) is 29.6 Å². The van der Waals surface area contributed by atoms with E-state index in [9.17, 15) is 0 Å². The number of benzene rings is 1. The Bertz CT molecular complexity index is 1480. The van der Waals surface area contributed by atoms with Gasteiger partial charge in [-0.15, -0.1) is 0 Å². The van der Waals surface area contributed by atoms with Gasteiger partial charge in [0.2, 0.25) is 5.95 Å². The van der Waals surface area contributed by atoms with Crippen molar-refractivity contribution in [2.75, 3.05) is 69.7 Å². The number of piperazine rings is 1. The summed E-state index contributed by atoms with van der Waals surface area (Å²) in [5, 5.41) is 3.38. The quantitative estimate of drug-likeness (QED) is 0.235. The largest absolute Gasteiger partial charge is 0.381 e. The van der Waals surface area contributed by atoms with Crippen LogP contribution in [-0.2, 0) is 22.6 Å². The van der Waals surface area contributed by atoms with Crippen LogP contribution in [0.4, 0.5) is 17.6 Å². The Hall–Kier alpha value is -3.64. The van der Waals surface area contributed by atoms with E-state index >= 15 is 0 Å². The molecule has 6 rings (SSSR count). The maximum absolute atomic E-state index is 6.17. The van der Waals surface area contributed by atoms with Crippen LogP contribution in [0, 0.1) is 0 Å². The normalized spacial score (nSPS) is 17.1. The van der Waals surface area contributed by atoms with Gasteiger partial charge in [-0.25, -0.2) is 15.0 Å². The van der Waals surface area contributed by atoms with E-state index in [-0.39, 0.29) is 6.04 Å². The number of methoxy groups -OCH3 is 1. The number of pyridine rings is 1. The molecule has 11 nitrogen and oxygen atoms in total. The highest BCUT2D eigenvalue weighted by atomic mass is 16.5. The van der Waals surface area contributed by atoms with Crippen molar-refractivity contribution in [2.24, 2.45) is 0 Å². The first kappa shape index (κ1) is 30.4. The lowest BCUT2D eigenvalue weighted by molar-refractivity contribution is 0.0630. The fraction of sp³-hybridized carbons (Fsp3) is 0.515. The van der Waals surface area contributed by atoms with E-state index < -0.39 is 0 Å². The third kappa shape index (κ3) is 7.52. The summed E-state index contributed by atoms with van der Waals surface area (Å²) >= 11 is 0. The minimum absolute atomic E-state index is 0.229. The molecule has 2 saturated heterocycles. The number of nitrogens with one attached hydrogen (secondary N) is 1. The summed E-state index contributed by atoms with van der Waals surface area (Å²) < 4.78 is 13.9. The van der Waals surface area contributed by atoms with Crippen molar-refractivity contribution in [1.29, 1.82) is 0 Å². The van der Waals surface area contributed by atoms with Crippen molar-refractivity contribution in [2.45, 2.75) is 52.0 Å². The van der Waals surface area contributed by atoms with Crippen LogP contribution in [0.1, 0.15) is 44.1 Å². The fourth-order valence-electron chi connectivity index (χ4n) is 6.16. The zero-order chi connectivity index (χ0) is 30.3. The molecule has 1 N–H and O–H groups in total. The second kappa shape index (κ2) is 14.4. The highest BCUT2D eigenvalue weighted by Gasteiger charge is 2.21. The lowest BCUT2D eigenvalue weighted by atomic mass is 10.1. The number of imidazole rings is 1. The molecular formula is C33H45N9O2. The van der Waals surface area contributed by atoms with Gasteiger partial charge in [-0.2, -0.15) is 4.98 Å². The van der Waals surface area contributed by atoms with Crippen LogP contribution < -0.4 is 10.2 Å². The number of fused-ring (bicyclic) bond motifs is 1. The van der Waals surface area contributed by atoms with Gasteiger partial charge in [-0.1, -0.05) is 30.3 Å². The van der Waals surface area contributed by atoms with Crippen molar-refractivity contribution in [3.8, 4) is 0 Å². The van der Waals surface area contributed by atoms with Crippen LogP contribution in [0.25, 0.3) is 11.0 Å². The molecule has 0 saturated carbocycles. The number of aromatic nitrogens is 5. The molecule has 0 spiro atoms. The molecule has 5 heterocycles. The number of rotatable bonds is 12. The smallest absolute Gasteiger partial charge is 0.227 e. The molecule has 234 valence electrons. The maximum atomic E-state index is 6.17. The molecule has 3 aromatic heterocycles. The maximum Gasteiger partial charge on any atom is 0.227 e. The standard InChI is InChI=1S/C33H45N9O2/c1-25(2)42-29-21-31(37-30-9-12-34-33(38-30)41-13-10-27(43-3)11-14-41)35-22-28(29)36-32(42)24-44-20-19-39-15-17-40(18-16-39)23-26-7-5-4-6-8-26/h4-9,12,21-22,25,27H,10-11,13-20,23-24H2,1-3H3,(H,34,35,37,38). The van der Waals surface area contributed by atoms with E-state index in [1.807, 2.05) is 18.3 Å². The Labute approximate surface area is 260 Å². The second-order valence-electron chi connectivity index (χ2n) is 12.0. The average molecular weight is 600 g/mol. The predicted molar refractivity (Wildman–Crippen MR) is 173 cm³/mol. The third-order valence-corrected chi connectivity index (χ3v) is 8.62. The molecule has 0 atom stereocenters. The summed E-state index contributed by atoms with van der Waals surface area (Å²) in [6.45, 7) is 13.6. The Morgan fingerprint density at radius 3 is 2.43 bits per heavy atom. The highest BCUT2D eigenvalue weighted by Crippen LogP contribution is 2.25. The van der Waals surface area contributed by atoms with Gasteiger partial charge in [0.15, 0.2) is 0 Å². The van der Waals surface area contributed by atoms with E-state index in [0.717, 1.165) is 99.6 Å². The van der Waals surface area contributed by atoms with E-state index in [1.54, 1.807) is 13.3 Å². The number of hydrogen-bond acceptors (Lipinski definition) is 10. The SMILES string of the molecule is COC1CCN(c2nccc(Nc3cc4c(cn3)nc(COCCN3CCN(Cc5ccccc5)CC3)n4C(C)C)n2)CC1. The first-order chi connectivity index (χ1) is 21.6.